The standard InChI is InChI=1S/C12H22N4O/c1-4-16(10(2)9-17-3)8-11-6-5-7-14-12(11)15-13/h5-7,10H,4,8-9,13H2,1-3H3,(H,14,15). The number of aromatic nitrogens is 1. The van der Waals surface area contributed by atoms with Crippen molar-refractivity contribution in [2.24, 2.45) is 5.84 Å². The number of hydrazine groups is 1. The number of anilines is 1. The van der Waals surface area contributed by atoms with E-state index in [0.717, 1.165) is 31.1 Å². The average Bonchev–Trinajstić information content (AvgIpc) is 2.36. The van der Waals surface area contributed by atoms with Gasteiger partial charge in [-0.25, -0.2) is 10.8 Å². The maximum absolute atomic E-state index is 5.45. The molecule has 3 N–H and O–H groups in total. The van der Waals surface area contributed by atoms with Crippen LogP contribution in [0.4, 0.5) is 5.82 Å². The lowest BCUT2D eigenvalue weighted by Crippen LogP contribution is -2.35. The Kier molecular flexibility index (Phi) is 5.90. The Morgan fingerprint density at radius 3 is 2.94 bits per heavy atom. The van der Waals surface area contributed by atoms with Crippen LogP contribution in [0.2, 0.25) is 0 Å². The van der Waals surface area contributed by atoms with E-state index < -0.39 is 0 Å². The van der Waals surface area contributed by atoms with Gasteiger partial charge in [0.2, 0.25) is 0 Å². The van der Waals surface area contributed by atoms with Crippen LogP contribution in [0.15, 0.2) is 18.3 Å². The summed E-state index contributed by atoms with van der Waals surface area (Å²) < 4.78 is 5.18. The first-order valence-electron chi connectivity index (χ1n) is 5.86. The molecule has 1 atom stereocenters. The smallest absolute Gasteiger partial charge is 0.144 e. The molecular weight excluding hydrogens is 216 g/mol. The Bertz CT molecular complexity index is 332. The predicted molar refractivity (Wildman–Crippen MR) is 69.5 cm³/mol. The molecule has 0 radical (unpaired) electrons. The van der Waals surface area contributed by atoms with Crippen molar-refractivity contribution in [1.29, 1.82) is 0 Å². The third kappa shape index (κ3) is 3.96. The zero-order chi connectivity index (χ0) is 12.7. The van der Waals surface area contributed by atoms with E-state index in [9.17, 15) is 0 Å². The van der Waals surface area contributed by atoms with E-state index in [1.807, 2.05) is 12.1 Å². The van der Waals surface area contributed by atoms with E-state index >= 15 is 0 Å². The van der Waals surface area contributed by atoms with Gasteiger partial charge in [0.15, 0.2) is 0 Å². The summed E-state index contributed by atoms with van der Waals surface area (Å²) in [6.45, 7) is 6.79. The van der Waals surface area contributed by atoms with Gasteiger partial charge in [0, 0.05) is 31.5 Å². The normalized spacial score (nSPS) is 12.8. The quantitative estimate of drug-likeness (QED) is 0.552. The van der Waals surface area contributed by atoms with Crippen LogP contribution in [0.1, 0.15) is 19.4 Å². The summed E-state index contributed by atoms with van der Waals surface area (Å²) in [5.74, 6) is 6.18. The van der Waals surface area contributed by atoms with Crippen molar-refractivity contribution < 1.29 is 4.74 Å². The second-order valence-corrected chi connectivity index (χ2v) is 4.02. The van der Waals surface area contributed by atoms with Gasteiger partial charge in [-0.15, -0.1) is 0 Å². The zero-order valence-electron chi connectivity index (χ0n) is 10.8. The van der Waals surface area contributed by atoms with Crippen LogP contribution in [0, 0.1) is 0 Å². The van der Waals surface area contributed by atoms with Crippen LogP contribution in [0.25, 0.3) is 0 Å². The van der Waals surface area contributed by atoms with E-state index in [0.29, 0.717) is 6.04 Å². The highest BCUT2D eigenvalue weighted by Crippen LogP contribution is 2.14. The molecule has 0 aliphatic heterocycles. The molecule has 1 unspecified atom stereocenters. The Hall–Kier alpha value is -1.17. The summed E-state index contributed by atoms with van der Waals surface area (Å²) in [6, 6.07) is 4.32. The van der Waals surface area contributed by atoms with Gasteiger partial charge in [-0.05, 0) is 19.5 Å². The third-order valence-electron chi connectivity index (χ3n) is 2.84. The van der Waals surface area contributed by atoms with E-state index in [-0.39, 0.29) is 0 Å². The van der Waals surface area contributed by atoms with Gasteiger partial charge in [0.25, 0.3) is 0 Å². The van der Waals surface area contributed by atoms with Crippen molar-refractivity contribution in [3.8, 4) is 0 Å². The number of hydrogen-bond acceptors (Lipinski definition) is 5. The second-order valence-electron chi connectivity index (χ2n) is 4.02. The fraction of sp³-hybridized carbons (Fsp3) is 0.583. The molecule has 0 bridgehead atoms. The average molecular weight is 238 g/mol. The summed E-state index contributed by atoms with van der Waals surface area (Å²) in [5.41, 5.74) is 3.72. The monoisotopic (exact) mass is 238 g/mol. The van der Waals surface area contributed by atoms with Crippen molar-refractivity contribution in [3.63, 3.8) is 0 Å². The minimum absolute atomic E-state index is 0.371. The van der Waals surface area contributed by atoms with Gasteiger partial charge in [0.05, 0.1) is 6.61 Å². The van der Waals surface area contributed by atoms with Gasteiger partial charge in [-0.1, -0.05) is 13.0 Å². The molecule has 0 aliphatic carbocycles. The van der Waals surface area contributed by atoms with Crippen LogP contribution >= 0.6 is 0 Å². The van der Waals surface area contributed by atoms with Crippen molar-refractivity contribution in [3.05, 3.63) is 23.9 Å². The summed E-state index contributed by atoms with van der Waals surface area (Å²) in [6.07, 6.45) is 1.73. The molecular formula is C12H22N4O. The summed E-state index contributed by atoms with van der Waals surface area (Å²) in [4.78, 5) is 6.52. The molecule has 0 saturated carbocycles. The van der Waals surface area contributed by atoms with Crippen LogP contribution in [0.3, 0.4) is 0 Å². The number of nitrogens with zero attached hydrogens (tertiary/aromatic N) is 2. The number of rotatable bonds is 7. The first-order chi connectivity index (χ1) is 8.22. The number of methoxy groups -OCH3 is 1. The van der Waals surface area contributed by atoms with Gasteiger partial charge < -0.3 is 10.2 Å². The molecule has 0 aliphatic rings. The molecule has 17 heavy (non-hydrogen) atoms. The third-order valence-corrected chi connectivity index (χ3v) is 2.84. The Labute approximate surface area is 103 Å². The molecule has 1 aromatic heterocycles. The minimum atomic E-state index is 0.371. The number of pyridine rings is 1. The Morgan fingerprint density at radius 1 is 1.59 bits per heavy atom. The maximum atomic E-state index is 5.45. The van der Waals surface area contributed by atoms with Crippen molar-refractivity contribution in [2.75, 3.05) is 25.7 Å². The van der Waals surface area contributed by atoms with Crippen LogP contribution in [0.5, 0.6) is 0 Å². The summed E-state index contributed by atoms with van der Waals surface area (Å²) in [5, 5.41) is 0. The molecule has 0 saturated heterocycles. The topological polar surface area (TPSA) is 63.4 Å². The molecule has 96 valence electrons. The van der Waals surface area contributed by atoms with Crippen molar-refractivity contribution in [2.45, 2.75) is 26.4 Å². The zero-order valence-corrected chi connectivity index (χ0v) is 10.8. The highest BCUT2D eigenvalue weighted by Gasteiger charge is 2.14. The van der Waals surface area contributed by atoms with Crippen LogP contribution in [-0.4, -0.2) is 36.2 Å². The first-order valence-corrected chi connectivity index (χ1v) is 5.86. The molecule has 0 amide bonds. The molecule has 1 aromatic rings. The summed E-state index contributed by atoms with van der Waals surface area (Å²) in [7, 11) is 1.72. The highest BCUT2D eigenvalue weighted by molar-refractivity contribution is 5.42. The first kappa shape index (κ1) is 13.9. The Morgan fingerprint density at radius 2 is 2.35 bits per heavy atom. The molecule has 5 heteroatoms. The van der Waals surface area contributed by atoms with Gasteiger partial charge in [-0.3, -0.25) is 4.90 Å². The van der Waals surface area contributed by atoms with Crippen LogP contribution in [-0.2, 0) is 11.3 Å². The number of nitrogens with one attached hydrogen (secondary N) is 1. The second kappa shape index (κ2) is 7.21. The van der Waals surface area contributed by atoms with E-state index in [1.165, 1.54) is 0 Å². The summed E-state index contributed by atoms with van der Waals surface area (Å²) >= 11 is 0. The number of likely N-dealkylation sites (N-methyl/N-ethyl adjacent to an activating group) is 1. The largest absolute Gasteiger partial charge is 0.383 e. The fourth-order valence-corrected chi connectivity index (χ4v) is 1.84. The molecule has 0 spiro atoms. The number of nitrogen functional groups attached to an aromatic ring is 1. The van der Waals surface area contributed by atoms with E-state index in [2.05, 4.69) is 29.2 Å². The highest BCUT2D eigenvalue weighted by atomic mass is 16.5. The number of ether oxygens (including phenoxy) is 1. The predicted octanol–water partition coefficient (Wildman–Crippen LogP) is 1.22. The molecule has 1 heterocycles. The van der Waals surface area contributed by atoms with Gasteiger partial charge in [0.1, 0.15) is 5.82 Å². The van der Waals surface area contributed by atoms with E-state index in [4.69, 9.17) is 10.6 Å². The minimum Gasteiger partial charge on any atom is -0.383 e. The molecule has 0 aromatic carbocycles. The SMILES string of the molecule is CCN(Cc1cccnc1NN)C(C)COC. The number of hydrogen-bond donors (Lipinski definition) is 2. The molecule has 0 fully saturated rings. The lowest BCUT2D eigenvalue weighted by atomic mass is 10.2. The Balaban J connectivity index is 2.73. The van der Waals surface area contributed by atoms with Gasteiger partial charge >= 0.3 is 0 Å². The lowest BCUT2D eigenvalue weighted by Gasteiger charge is -2.27. The van der Waals surface area contributed by atoms with Crippen molar-refractivity contribution in [1.82, 2.24) is 9.88 Å². The number of nitrogens with two attached hydrogens (primary N) is 1. The molecule has 1 rings (SSSR count). The van der Waals surface area contributed by atoms with Crippen molar-refractivity contribution >= 4 is 5.82 Å². The lowest BCUT2D eigenvalue weighted by molar-refractivity contribution is 0.0982. The fourth-order valence-electron chi connectivity index (χ4n) is 1.84. The maximum Gasteiger partial charge on any atom is 0.144 e. The molecule has 5 nitrogen and oxygen atoms in total. The van der Waals surface area contributed by atoms with E-state index in [1.54, 1.807) is 13.3 Å². The van der Waals surface area contributed by atoms with Gasteiger partial charge in [-0.2, -0.15) is 0 Å². The van der Waals surface area contributed by atoms with Crippen LogP contribution < -0.4 is 11.3 Å².